The van der Waals surface area contributed by atoms with Gasteiger partial charge in [0.15, 0.2) is 0 Å². The van der Waals surface area contributed by atoms with Gasteiger partial charge in [-0.25, -0.2) is 0 Å². The summed E-state index contributed by atoms with van der Waals surface area (Å²) in [5, 5.41) is 15.7. The minimum atomic E-state index is -0.0792. The smallest absolute Gasteiger partial charge is 0.0555 e. The monoisotopic (exact) mass is 251 g/mol. The van der Waals surface area contributed by atoms with E-state index in [9.17, 15) is 5.11 Å². The van der Waals surface area contributed by atoms with E-state index in [2.05, 4.69) is 22.8 Å². The molecule has 17 heavy (non-hydrogen) atoms. The molecule has 2 aliphatic rings. The number of hydrogen-bond acceptors (Lipinski definition) is 3. The molecule has 3 unspecified atom stereocenters. The molecule has 3 rings (SSSR count). The molecule has 1 heterocycles. The lowest BCUT2D eigenvalue weighted by atomic mass is 9.92. The molecule has 0 amide bonds. The summed E-state index contributed by atoms with van der Waals surface area (Å²) in [5.41, 5.74) is 0. The third kappa shape index (κ3) is 2.90. The second-order valence-corrected chi connectivity index (χ2v) is 6.49. The van der Waals surface area contributed by atoms with Gasteiger partial charge in [0.1, 0.15) is 0 Å². The van der Waals surface area contributed by atoms with Crippen LogP contribution in [0, 0.1) is 5.92 Å². The van der Waals surface area contributed by atoms with E-state index < -0.39 is 0 Å². The lowest BCUT2D eigenvalue weighted by Gasteiger charge is -2.30. The fourth-order valence-electron chi connectivity index (χ4n) is 2.92. The van der Waals surface area contributed by atoms with E-state index in [0.29, 0.717) is 12.1 Å². The highest BCUT2D eigenvalue weighted by Gasteiger charge is 2.35. The highest BCUT2D eigenvalue weighted by atomic mass is 32.1. The summed E-state index contributed by atoms with van der Waals surface area (Å²) in [6, 6.07) is 5.46. The van der Waals surface area contributed by atoms with Crippen molar-refractivity contribution < 1.29 is 5.11 Å². The third-order valence-corrected chi connectivity index (χ3v) is 4.96. The first-order chi connectivity index (χ1) is 8.33. The van der Waals surface area contributed by atoms with Crippen LogP contribution < -0.4 is 5.32 Å². The minimum Gasteiger partial charge on any atom is -0.393 e. The van der Waals surface area contributed by atoms with E-state index in [1.165, 1.54) is 30.6 Å². The molecule has 0 saturated heterocycles. The number of hydrogen-bond donors (Lipinski definition) is 2. The molecule has 3 atom stereocenters. The fraction of sp³-hybridized carbons (Fsp3) is 0.714. The summed E-state index contributed by atoms with van der Waals surface area (Å²) in [4.78, 5) is 1.48. The summed E-state index contributed by atoms with van der Waals surface area (Å²) < 4.78 is 0. The van der Waals surface area contributed by atoms with Crippen LogP contribution in [0.5, 0.6) is 0 Å². The van der Waals surface area contributed by atoms with E-state index in [1.807, 2.05) is 11.3 Å². The van der Waals surface area contributed by atoms with Crippen molar-refractivity contribution in [3.8, 4) is 0 Å². The predicted molar refractivity (Wildman–Crippen MR) is 71.2 cm³/mol. The van der Waals surface area contributed by atoms with Crippen molar-refractivity contribution in [1.82, 2.24) is 5.32 Å². The Bertz CT molecular complexity index is 347. The maximum absolute atomic E-state index is 9.74. The van der Waals surface area contributed by atoms with Crippen LogP contribution in [0.1, 0.15) is 49.4 Å². The maximum Gasteiger partial charge on any atom is 0.0555 e. The molecule has 0 aliphatic heterocycles. The van der Waals surface area contributed by atoms with Gasteiger partial charge in [-0.2, -0.15) is 0 Å². The number of aliphatic hydroxyl groups excluding tert-OH is 1. The lowest BCUT2D eigenvalue weighted by molar-refractivity contribution is 0.107. The molecule has 0 aromatic carbocycles. The highest BCUT2D eigenvalue weighted by molar-refractivity contribution is 7.10. The molecule has 1 aromatic heterocycles. The average molecular weight is 251 g/mol. The minimum absolute atomic E-state index is 0.0792. The molecular formula is C14H21NOS. The van der Waals surface area contributed by atoms with Gasteiger partial charge in [-0.3, -0.25) is 0 Å². The van der Waals surface area contributed by atoms with Gasteiger partial charge in [0.25, 0.3) is 0 Å². The molecule has 1 aromatic rings. The zero-order valence-corrected chi connectivity index (χ0v) is 11.0. The average Bonchev–Trinajstić information content (AvgIpc) is 3.01. The van der Waals surface area contributed by atoms with Crippen molar-refractivity contribution in [3.05, 3.63) is 22.4 Å². The van der Waals surface area contributed by atoms with Crippen LogP contribution in [-0.2, 0) is 0 Å². The summed E-state index contributed by atoms with van der Waals surface area (Å²) in [5.74, 6) is 0.840. The van der Waals surface area contributed by atoms with Crippen molar-refractivity contribution in [1.29, 1.82) is 0 Å². The number of rotatable bonds is 4. The first-order valence-corrected chi connectivity index (χ1v) is 7.68. The maximum atomic E-state index is 9.74. The molecule has 2 fully saturated rings. The van der Waals surface area contributed by atoms with Gasteiger partial charge in [-0.05, 0) is 55.9 Å². The van der Waals surface area contributed by atoms with Crippen LogP contribution in [-0.4, -0.2) is 17.3 Å². The molecule has 3 heteroatoms. The molecule has 0 bridgehead atoms. The molecule has 94 valence electrons. The van der Waals surface area contributed by atoms with Gasteiger partial charge < -0.3 is 10.4 Å². The van der Waals surface area contributed by atoms with Gasteiger partial charge in [0, 0.05) is 17.0 Å². The van der Waals surface area contributed by atoms with Gasteiger partial charge in [0.2, 0.25) is 0 Å². The predicted octanol–water partition coefficient (Wildman–Crippen LogP) is 3.09. The van der Waals surface area contributed by atoms with E-state index in [-0.39, 0.29) is 6.10 Å². The second-order valence-electron chi connectivity index (χ2n) is 5.51. The second kappa shape index (κ2) is 5.09. The Morgan fingerprint density at radius 1 is 1.29 bits per heavy atom. The summed E-state index contributed by atoms with van der Waals surface area (Å²) >= 11 is 1.86. The van der Waals surface area contributed by atoms with E-state index in [4.69, 9.17) is 0 Å². The quantitative estimate of drug-likeness (QED) is 0.862. The van der Waals surface area contributed by atoms with Gasteiger partial charge in [-0.15, -0.1) is 11.3 Å². The Kier molecular flexibility index (Phi) is 3.50. The lowest BCUT2D eigenvalue weighted by Crippen LogP contribution is -2.38. The van der Waals surface area contributed by atoms with Gasteiger partial charge in [0.05, 0.1) is 6.10 Å². The standard InChI is InChI=1S/C14H21NOS/c16-12-4-1-3-11(9-12)15-14(10-6-7-10)13-5-2-8-17-13/h2,5,8,10-12,14-16H,1,3-4,6-7,9H2. The fourth-order valence-corrected chi connectivity index (χ4v) is 3.80. The first kappa shape index (κ1) is 11.7. The molecule has 2 nitrogen and oxygen atoms in total. The zero-order valence-electron chi connectivity index (χ0n) is 10.1. The van der Waals surface area contributed by atoms with Crippen LogP contribution in [0.3, 0.4) is 0 Å². The molecule has 0 spiro atoms. The number of aliphatic hydroxyl groups is 1. The Labute approximate surface area is 107 Å². The Balaban J connectivity index is 1.64. The molecule has 2 aliphatic carbocycles. The van der Waals surface area contributed by atoms with Crippen LogP contribution >= 0.6 is 11.3 Å². The Morgan fingerprint density at radius 3 is 2.82 bits per heavy atom. The first-order valence-electron chi connectivity index (χ1n) is 6.80. The van der Waals surface area contributed by atoms with Crippen LogP contribution in [0.4, 0.5) is 0 Å². The topological polar surface area (TPSA) is 32.3 Å². The third-order valence-electron chi connectivity index (χ3n) is 4.00. The van der Waals surface area contributed by atoms with Crippen molar-refractivity contribution in [3.63, 3.8) is 0 Å². The largest absolute Gasteiger partial charge is 0.393 e. The van der Waals surface area contributed by atoms with Crippen molar-refractivity contribution >= 4 is 11.3 Å². The number of thiophene rings is 1. The summed E-state index contributed by atoms with van der Waals surface area (Å²) in [6.45, 7) is 0. The SMILES string of the molecule is OC1CCCC(NC(c2cccs2)C2CC2)C1. The van der Waals surface area contributed by atoms with Gasteiger partial charge >= 0.3 is 0 Å². The summed E-state index contributed by atoms with van der Waals surface area (Å²) in [7, 11) is 0. The van der Waals surface area contributed by atoms with Gasteiger partial charge in [-0.1, -0.05) is 6.07 Å². The molecule has 0 radical (unpaired) electrons. The van der Waals surface area contributed by atoms with Crippen molar-refractivity contribution in [2.24, 2.45) is 5.92 Å². The highest BCUT2D eigenvalue weighted by Crippen LogP contribution is 2.43. The van der Waals surface area contributed by atoms with Crippen LogP contribution in [0.2, 0.25) is 0 Å². The Hall–Kier alpha value is -0.380. The van der Waals surface area contributed by atoms with Crippen molar-refractivity contribution in [2.45, 2.75) is 56.7 Å². The van der Waals surface area contributed by atoms with E-state index in [0.717, 1.165) is 18.8 Å². The molecular weight excluding hydrogens is 230 g/mol. The Morgan fingerprint density at radius 2 is 2.18 bits per heavy atom. The molecule has 2 N–H and O–H groups in total. The van der Waals surface area contributed by atoms with E-state index in [1.54, 1.807) is 0 Å². The zero-order chi connectivity index (χ0) is 11.7. The summed E-state index contributed by atoms with van der Waals surface area (Å²) in [6.07, 6.45) is 6.98. The normalized spacial score (nSPS) is 31.4. The van der Waals surface area contributed by atoms with Crippen LogP contribution in [0.25, 0.3) is 0 Å². The van der Waals surface area contributed by atoms with Crippen LogP contribution in [0.15, 0.2) is 17.5 Å². The van der Waals surface area contributed by atoms with E-state index >= 15 is 0 Å². The van der Waals surface area contributed by atoms with Crippen molar-refractivity contribution in [2.75, 3.05) is 0 Å². The number of nitrogens with one attached hydrogen (secondary N) is 1. The molecule has 2 saturated carbocycles.